The number of rotatable bonds is 3. The first-order valence-electron chi connectivity index (χ1n) is 9.10. The van der Waals surface area contributed by atoms with E-state index in [4.69, 9.17) is 5.73 Å². The molecule has 0 spiro atoms. The zero-order valence-corrected chi connectivity index (χ0v) is 14.9. The molecule has 0 radical (unpaired) electrons. The number of likely N-dealkylation sites (tertiary alicyclic amines) is 1. The van der Waals surface area contributed by atoms with E-state index in [9.17, 15) is 9.59 Å². The lowest BCUT2D eigenvalue weighted by atomic mass is 10.1. The lowest BCUT2D eigenvalue weighted by molar-refractivity contribution is -0.132. The highest BCUT2D eigenvalue weighted by Gasteiger charge is 2.31. The van der Waals surface area contributed by atoms with Gasteiger partial charge in [-0.05, 0) is 50.1 Å². The van der Waals surface area contributed by atoms with Crippen LogP contribution in [-0.4, -0.2) is 34.5 Å². The number of fused-ring (bicyclic) bond motifs is 2. The Hall–Kier alpha value is -2.66. The standard InChI is InChI=1S/C21H23N3O2/c1-14-10-15(11-22)12-23(14)20(25)13-24-18-8-4-2-6-16(18)21(26)17-7-3-5-9-19(17)24/h2-9,14-15H,10-13,22H2,1H3. The molecule has 1 saturated heterocycles. The van der Waals surface area contributed by atoms with Crippen molar-refractivity contribution in [1.29, 1.82) is 0 Å². The first-order chi connectivity index (χ1) is 12.6. The molecule has 1 aromatic heterocycles. The van der Waals surface area contributed by atoms with E-state index in [-0.39, 0.29) is 23.9 Å². The van der Waals surface area contributed by atoms with Crippen LogP contribution in [-0.2, 0) is 11.3 Å². The van der Waals surface area contributed by atoms with Crippen molar-refractivity contribution >= 4 is 27.7 Å². The second kappa shape index (κ2) is 6.57. The van der Waals surface area contributed by atoms with Crippen molar-refractivity contribution in [2.45, 2.75) is 25.9 Å². The van der Waals surface area contributed by atoms with E-state index in [1.165, 1.54) is 0 Å². The molecule has 5 heteroatoms. The zero-order chi connectivity index (χ0) is 18.3. The third-order valence-electron chi connectivity index (χ3n) is 5.49. The molecule has 2 heterocycles. The normalized spacial score (nSPS) is 20.2. The van der Waals surface area contributed by atoms with E-state index < -0.39 is 0 Å². The predicted octanol–water partition coefficient (Wildman–Crippen LogP) is 2.35. The van der Waals surface area contributed by atoms with Crippen molar-refractivity contribution < 1.29 is 4.79 Å². The first-order valence-corrected chi connectivity index (χ1v) is 9.10. The molecule has 0 bridgehead atoms. The van der Waals surface area contributed by atoms with Crippen molar-refractivity contribution in [1.82, 2.24) is 9.47 Å². The van der Waals surface area contributed by atoms with E-state index in [2.05, 4.69) is 6.92 Å². The fourth-order valence-corrected chi connectivity index (χ4v) is 4.13. The summed E-state index contributed by atoms with van der Waals surface area (Å²) in [5.74, 6) is 0.448. The molecule has 26 heavy (non-hydrogen) atoms. The van der Waals surface area contributed by atoms with E-state index >= 15 is 0 Å². The summed E-state index contributed by atoms with van der Waals surface area (Å²) in [7, 11) is 0. The van der Waals surface area contributed by atoms with Gasteiger partial charge in [-0.2, -0.15) is 0 Å². The summed E-state index contributed by atoms with van der Waals surface area (Å²) in [6, 6.07) is 15.2. The Morgan fingerprint density at radius 3 is 2.19 bits per heavy atom. The van der Waals surface area contributed by atoms with Crippen molar-refractivity contribution in [2.24, 2.45) is 11.7 Å². The Bertz CT molecular complexity index is 980. The van der Waals surface area contributed by atoms with Gasteiger partial charge in [-0.25, -0.2) is 0 Å². The molecule has 2 aromatic carbocycles. The van der Waals surface area contributed by atoms with E-state index in [0.717, 1.165) is 17.5 Å². The number of amides is 1. The number of pyridine rings is 1. The highest BCUT2D eigenvalue weighted by atomic mass is 16.2. The van der Waals surface area contributed by atoms with Crippen molar-refractivity contribution in [3.63, 3.8) is 0 Å². The van der Waals surface area contributed by atoms with Gasteiger partial charge in [0.2, 0.25) is 5.91 Å². The van der Waals surface area contributed by atoms with E-state index in [1.54, 1.807) is 0 Å². The molecule has 134 valence electrons. The van der Waals surface area contributed by atoms with Crippen LogP contribution in [0.2, 0.25) is 0 Å². The quantitative estimate of drug-likeness (QED) is 0.738. The van der Waals surface area contributed by atoms with Crippen molar-refractivity contribution in [3.8, 4) is 0 Å². The molecule has 1 aliphatic heterocycles. The number of benzene rings is 2. The molecule has 0 aliphatic carbocycles. The van der Waals surface area contributed by atoms with Gasteiger partial charge in [0.15, 0.2) is 5.43 Å². The SMILES string of the molecule is CC1CC(CN)CN1C(=O)Cn1c2ccccc2c(=O)c2ccccc21. The van der Waals surface area contributed by atoms with Gasteiger partial charge < -0.3 is 15.2 Å². The van der Waals surface area contributed by atoms with Crippen LogP contribution in [0.1, 0.15) is 13.3 Å². The fraction of sp³-hybridized carbons (Fsp3) is 0.333. The predicted molar refractivity (Wildman–Crippen MR) is 104 cm³/mol. The summed E-state index contributed by atoms with van der Waals surface area (Å²) in [6.45, 7) is 3.63. The van der Waals surface area contributed by atoms with Crippen LogP contribution in [0, 0.1) is 5.92 Å². The van der Waals surface area contributed by atoms with Gasteiger partial charge in [0.25, 0.3) is 0 Å². The maximum absolute atomic E-state index is 13.0. The fourth-order valence-electron chi connectivity index (χ4n) is 4.13. The van der Waals surface area contributed by atoms with Crippen LogP contribution in [0.25, 0.3) is 21.8 Å². The second-order valence-electron chi connectivity index (χ2n) is 7.18. The summed E-state index contributed by atoms with van der Waals surface area (Å²) in [4.78, 5) is 27.8. The van der Waals surface area contributed by atoms with Gasteiger partial charge in [0.05, 0.1) is 11.0 Å². The molecular formula is C21H23N3O2. The van der Waals surface area contributed by atoms with Gasteiger partial charge in [-0.3, -0.25) is 9.59 Å². The Morgan fingerprint density at radius 1 is 1.08 bits per heavy atom. The van der Waals surface area contributed by atoms with Crippen molar-refractivity contribution in [3.05, 3.63) is 58.8 Å². The van der Waals surface area contributed by atoms with Gasteiger partial charge in [0.1, 0.15) is 6.54 Å². The number of aromatic nitrogens is 1. The molecule has 4 rings (SSSR count). The molecular weight excluding hydrogens is 326 g/mol. The molecule has 1 aliphatic rings. The maximum atomic E-state index is 13.0. The van der Waals surface area contributed by atoms with Gasteiger partial charge >= 0.3 is 0 Å². The second-order valence-corrected chi connectivity index (χ2v) is 7.18. The topological polar surface area (TPSA) is 68.3 Å². The minimum Gasteiger partial charge on any atom is -0.338 e. The number of nitrogens with zero attached hydrogens (tertiary/aromatic N) is 2. The van der Waals surface area contributed by atoms with Crippen LogP contribution in [0.5, 0.6) is 0 Å². The first kappa shape index (κ1) is 16.8. The number of hydrogen-bond acceptors (Lipinski definition) is 3. The largest absolute Gasteiger partial charge is 0.338 e. The molecule has 5 nitrogen and oxygen atoms in total. The Labute approximate surface area is 152 Å². The van der Waals surface area contributed by atoms with Crippen LogP contribution < -0.4 is 11.2 Å². The van der Waals surface area contributed by atoms with Crippen molar-refractivity contribution in [2.75, 3.05) is 13.1 Å². The van der Waals surface area contributed by atoms with Gasteiger partial charge in [-0.15, -0.1) is 0 Å². The third-order valence-corrected chi connectivity index (χ3v) is 5.49. The number of nitrogens with two attached hydrogens (primary N) is 1. The van der Waals surface area contributed by atoms with Crippen LogP contribution in [0.4, 0.5) is 0 Å². The van der Waals surface area contributed by atoms with E-state index in [1.807, 2.05) is 58.0 Å². The number of carbonyl (C=O) groups excluding carboxylic acids is 1. The Kier molecular flexibility index (Phi) is 4.24. The number of para-hydroxylation sites is 2. The summed E-state index contributed by atoms with van der Waals surface area (Å²) >= 11 is 0. The molecule has 3 aromatic rings. The summed E-state index contributed by atoms with van der Waals surface area (Å²) in [5, 5.41) is 1.29. The molecule has 0 saturated carbocycles. The molecule has 1 fully saturated rings. The monoisotopic (exact) mass is 349 g/mol. The van der Waals surface area contributed by atoms with Gasteiger partial charge in [0, 0.05) is 23.4 Å². The van der Waals surface area contributed by atoms with Crippen LogP contribution in [0.3, 0.4) is 0 Å². The molecule has 2 atom stereocenters. The minimum absolute atomic E-state index is 0.0117. The highest BCUT2D eigenvalue weighted by Crippen LogP contribution is 2.24. The highest BCUT2D eigenvalue weighted by molar-refractivity contribution is 5.94. The summed E-state index contributed by atoms with van der Waals surface area (Å²) in [5.41, 5.74) is 7.41. The van der Waals surface area contributed by atoms with Gasteiger partial charge in [-0.1, -0.05) is 24.3 Å². The Balaban J connectivity index is 1.82. The summed E-state index contributed by atoms with van der Waals surface area (Å²) < 4.78 is 1.97. The zero-order valence-electron chi connectivity index (χ0n) is 14.9. The van der Waals surface area contributed by atoms with Crippen LogP contribution >= 0.6 is 0 Å². The molecule has 1 amide bonds. The summed E-state index contributed by atoms with van der Waals surface area (Å²) in [6.07, 6.45) is 0.952. The minimum atomic E-state index is 0.0117. The molecule has 2 N–H and O–H groups in total. The average molecular weight is 349 g/mol. The number of hydrogen-bond donors (Lipinski definition) is 1. The number of carbonyl (C=O) groups is 1. The smallest absolute Gasteiger partial charge is 0.242 e. The lowest BCUT2D eigenvalue weighted by Gasteiger charge is -2.23. The Morgan fingerprint density at radius 2 is 1.65 bits per heavy atom. The van der Waals surface area contributed by atoms with E-state index in [0.29, 0.717) is 29.8 Å². The molecule has 2 unspecified atom stereocenters. The third kappa shape index (κ3) is 2.69. The maximum Gasteiger partial charge on any atom is 0.242 e. The van der Waals surface area contributed by atoms with Crippen LogP contribution in [0.15, 0.2) is 53.3 Å². The average Bonchev–Trinajstić information content (AvgIpc) is 3.06. The lowest BCUT2D eigenvalue weighted by Crippen LogP contribution is -2.37.